The third kappa shape index (κ3) is 4.44. The third-order valence-corrected chi connectivity index (χ3v) is 6.24. The van der Waals surface area contributed by atoms with E-state index in [2.05, 4.69) is 40.5 Å². The molecule has 0 unspecified atom stereocenters. The number of pyridine rings is 1. The number of hydrogen-bond donors (Lipinski definition) is 1. The maximum atomic E-state index is 12.7. The van der Waals surface area contributed by atoms with Crippen LogP contribution in [0.1, 0.15) is 38.4 Å². The fourth-order valence-corrected chi connectivity index (χ4v) is 4.48. The van der Waals surface area contributed by atoms with Gasteiger partial charge in [0.25, 0.3) is 5.91 Å². The van der Waals surface area contributed by atoms with Gasteiger partial charge < -0.3 is 10.1 Å². The predicted molar refractivity (Wildman–Crippen MR) is 132 cm³/mol. The first-order valence-electron chi connectivity index (χ1n) is 11.6. The Balaban J connectivity index is 1.21. The van der Waals surface area contributed by atoms with Gasteiger partial charge in [0, 0.05) is 29.4 Å². The summed E-state index contributed by atoms with van der Waals surface area (Å²) in [4.78, 5) is 17.3. The van der Waals surface area contributed by atoms with E-state index in [-0.39, 0.29) is 12.0 Å². The highest BCUT2D eigenvalue weighted by molar-refractivity contribution is 5.94. The van der Waals surface area contributed by atoms with Crippen LogP contribution in [0.4, 0.5) is 0 Å². The van der Waals surface area contributed by atoms with Gasteiger partial charge in [0.2, 0.25) is 0 Å². The van der Waals surface area contributed by atoms with Crippen molar-refractivity contribution in [3.63, 3.8) is 0 Å². The van der Waals surface area contributed by atoms with Gasteiger partial charge in [-0.3, -0.25) is 14.5 Å². The monoisotopic (exact) mass is 452 g/mol. The molecule has 2 aromatic heterocycles. The Morgan fingerprint density at radius 2 is 1.91 bits per heavy atom. The number of amides is 1. The highest BCUT2D eigenvalue weighted by atomic mass is 16.5. The normalized spacial score (nSPS) is 14.5. The zero-order valence-corrected chi connectivity index (χ0v) is 19.7. The van der Waals surface area contributed by atoms with E-state index in [0.29, 0.717) is 18.7 Å². The molecule has 1 atom stereocenters. The van der Waals surface area contributed by atoms with Crippen molar-refractivity contribution in [1.82, 2.24) is 20.1 Å². The molecule has 1 aliphatic heterocycles. The quantitative estimate of drug-likeness (QED) is 0.462. The van der Waals surface area contributed by atoms with E-state index < -0.39 is 0 Å². The minimum Gasteiger partial charge on any atom is -0.487 e. The molecule has 0 aliphatic carbocycles. The summed E-state index contributed by atoms with van der Waals surface area (Å²) >= 11 is 0. The first-order valence-corrected chi connectivity index (χ1v) is 11.6. The van der Waals surface area contributed by atoms with Gasteiger partial charge >= 0.3 is 0 Å². The van der Waals surface area contributed by atoms with Crippen molar-refractivity contribution in [2.45, 2.75) is 39.8 Å². The van der Waals surface area contributed by atoms with E-state index in [1.165, 1.54) is 0 Å². The molecule has 5 rings (SSSR count). The molecule has 1 aliphatic rings. The second kappa shape index (κ2) is 9.14. The zero-order valence-electron chi connectivity index (χ0n) is 19.7. The lowest BCUT2D eigenvalue weighted by atomic mass is 10.0. The van der Waals surface area contributed by atoms with Crippen LogP contribution in [0.5, 0.6) is 5.75 Å². The van der Waals surface area contributed by atoms with Crippen LogP contribution < -0.4 is 10.1 Å². The van der Waals surface area contributed by atoms with Crippen LogP contribution in [-0.2, 0) is 13.0 Å². The van der Waals surface area contributed by atoms with E-state index >= 15 is 0 Å². The molecule has 1 amide bonds. The molecule has 0 fully saturated rings. The predicted octanol–water partition coefficient (Wildman–Crippen LogP) is 4.65. The Hall–Kier alpha value is -3.93. The van der Waals surface area contributed by atoms with Crippen molar-refractivity contribution in [3.05, 3.63) is 101 Å². The number of aromatic nitrogens is 3. The molecular weight excluding hydrogens is 424 g/mol. The van der Waals surface area contributed by atoms with Crippen LogP contribution in [0.3, 0.4) is 0 Å². The number of aryl methyl sites for hydroxylation is 3. The topological polar surface area (TPSA) is 69.0 Å². The maximum Gasteiger partial charge on any atom is 0.251 e. The minimum atomic E-state index is -0.102. The molecule has 4 aromatic rings. The number of carbonyl (C=O) groups excluding carboxylic acids is 1. The van der Waals surface area contributed by atoms with E-state index in [9.17, 15) is 4.79 Å². The lowest BCUT2D eigenvalue weighted by Crippen LogP contribution is -2.34. The van der Waals surface area contributed by atoms with Crippen LogP contribution in [0.2, 0.25) is 0 Å². The number of nitrogens with zero attached hydrogens (tertiary/aromatic N) is 3. The molecule has 6 heteroatoms. The largest absolute Gasteiger partial charge is 0.487 e. The van der Waals surface area contributed by atoms with Gasteiger partial charge in [0.15, 0.2) is 0 Å². The van der Waals surface area contributed by atoms with Crippen molar-refractivity contribution in [1.29, 1.82) is 0 Å². The average molecular weight is 453 g/mol. The summed E-state index contributed by atoms with van der Waals surface area (Å²) in [5, 5.41) is 7.53. The molecule has 3 heterocycles. The summed E-state index contributed by atoms with van der Waals surface area (Å²) in [5.41, 5.74) is 8.07. The van der Waals surface area contributed by atoms with Crippen LogP contribution in [-0.4, -0.2) is 33.3 Å². The van der Waals surface area contributed by atoms with E-state index in [0.717, 1.165) is 51.5 Å². The molecule has 0 radical (unpaired) electrons. The van der Waals surface area contributed by atoms with Crippen LogP contribution in [0.15, 0.2) is 66.9 Å². The van der Waals surface area contributed by atoms with E-state index in [4.69, 9.17) is 4.74 Å². The number of hydrogen-bond acceptors (Lipinski definition) is 4. The van der Waals surface area contributed by atoms with Crippen molar-refractivity contribution in [2.24, 2.45) is 0 Å². The Labute approximate surface area is 199 Å². The van der Waals surface area contributed by atoms with E-state index in [1.807, 2.05) is 61.0 Å². The lowest BCUT2D eigenvalue weighted by molar-refractivity contribution is 0.0933. The van der Waals surface area contributed by atoms with Gasteiger partial charge in [-0.25, -0.2) is 0 Å². The number of ether oxygens (including phenoxy) is 1. The molecule has 6 nitrogen and oxygen atoms in total. The molecule has 1 N–H and O–H groups in total. The highest BCUT2D eigenvalue weighted by Crippen LogP contribution is 2.38. The van der Waals surface area contributed by atoms with Gasteiger partial charge in [-0.05, 0) is 67.8 Å². The van der Waals surface area contributed by atoms with Crippen molar-refractivity contribution >= 4 is 5.91 Å². The number of carbonyl (C=O) groups is 1. The molecule has 2 aromatic carbocycles. The molecule has 0 spiro atoms. The second-order valence-electron chi connectivity index (χ2n) is 8.90. The van der Waals surface area contributed by atoms with Crippen LogP contribution in [0.25, 0.3) is 11.3 Å². The van der Waals surface area contributed by atoms with Gasteiger partial charge in [-0.1, -0.05) is 30.3 Å². The Bertz CT molecular complexity index is 1340. The molecule has 34 heavy (non-hydrogen) atoms. The Kier molecular flexibility index (Phi) is 5.88. The molecule has 0 saturated carbocycles. The Morgan fingerprint density at radius 1 is 1.09 bits per heavy atom. The summed E-state index contributed by atoms with van der Waals surface area (Å²) in [6, 6.07) is 19.9. The van der Waals surface area contributed by atoms with Gasteiger partial charge in [0.05, 0.1) is 24.5 Å². The summed E-state index contributed by atoms with van der Waals surface area (Å²) in [5.74, 6) is 0.773. The van der Waals surface area contributed by atoms with Crippen molar-refractivity contribution < 1.29 is 9.53 Å². The maximum absolute atomic E-state index is 12.7. The van der Waals surface area contributed by atoms with Crippen LogP contribution in [0, 0.1) is 20.8 Å². The van der Waals surface area contributed by atoms with Crippen LogP contribution >= 0.6 is 0 Å². The highest BCUT2D eigenvalue weighted by Gasteiger charge is 2.27. The van der Waals surface area contributed by atoms with Gasteiger partial charge in [-0.15, -0.1) is 0 Å². The first kappa shape index (κ1) is 21.9. The standard InChI is InChI=1S/C28H28N4O2/c1-18-6-5-13-29-26(18)25-8-4-7-23-15-24(34-27(23)25)16-30-28(33)22-11-9-21(10-12-22)17-32-20(3)14-19(2)31-32/h4-14,24H,15-17H2,1-3H3,(H,30,33)/t24-/m1/s1. The summed E-state index contributed by atoms with van der Waals surface area (Å²) in [6.45, 7) is 7.22. The number of nitrogens with one attached hydrogen (secondary N) is 1. The number of benzene rings is 2. The number of fused-ring (bicyclic) bond motifs is 1. The second-order valence-corrected chi connectivity index (χ2v) is 8.90. The van der Waals surface area contributed by atoms with Gasteiger partial charge in [-0.2, -0.15) is 5.10 Å². The first-order chi connectivity index (χ1) is 16.5. The summed E-state index contributed by atoms with van der Waals surface area (Å²) in [6.07, 6.45) is 2.46. The lowest BCUT2D eigenvalue weighted by Gasteiger charge is -2.14. The van der Waals surface area contributed by atoms with E-state index in [1.54, 1.807) is 6.20 Å². The fourth-order valence-electron chi connectivity index (χ4n) is 4.48. The SMILES string of the molecule is Cc1cc(C)n(Cc2ccc(C(=O)NC[C@H]3Cc4cccc(-c5ncccc5C)c4O3)cc2)n1. The number of para-hydroxylation sites is 1. The average Bonchev–Trinajstić information content (AvgIpc) is 3.40. The molecule has 0 bridgehead atoms. The van der Waals surface area contributed by atoms with Crippen molar-refractivity contribution in [2.75, 3.05) is 6.54 Å². The van der Waals surface area contributed by atoms with Crippen molar-refractivity contribution in [3.8, 4) is 17.0 Å². The summed E-state index contributed by atoms with van der Waals surface area (Å²) < 4.78 is 8.24. The smallest absolute Gasteiger partial charge is 0.251 e. The summed E-state index contributed by atoms with van der Waals surface area (Å²) in [7, 11) is 0. The molecular formula is C28H28N4O2. The fraction of sp³-hybridized carbons (Fsp3) is 0.250. The molecule has 0 saturated heterocycles. The Morgan fingerprint density at radius 3 is 2.65 bits per heavy atom. The third-order valence-electron chi connectivity index (χ3n) is 6.24. The number of rotatable bonds is 6. The van der Waals surface area contributed by atoms with Gasteiger partial charge in [0.1, 0.15) is 11.9 Å². The molecule has 172 valence electrons. The zero-order chi connectivity index (χ0) is 23.7. The minimum absolute atomic E-state index is 0.0991.